The molecule has 0 aromatic heterocycles. The highest BCUT2D eigenvalue weighted by Crippen LogP contribution is 2.37. The summed E-state index contributed by atoms with van der Waals surface area (Å²) in [5, 5.41) is 2.82. The maximum atomic E-state index is 13.7. The fourth-order valence-electron chi connectivity index (χ4n) is 4.14. The van der Waals surface area contributed by atoms with E-state index in [0.717, 1.165) is 4.31 Å². The Bertz CT molecular complexity index is 1500. The number of nitrogens with zero attached hydrogens (tertiary/aromatic N) is 1. The zero-order valence-electron chi connectivity index (χ0n) is 20.4. The number of fused-ring (bicyclic) bond motifs is 1. The molecule has 0 saturated heterocycles. The van der Waals surface area contributed by atoms with Crippen molar-refractivity contribution in [1.82, 2.24) is 9.62 Å². The SMILES string of the molecule is C=CCN1C(C(=O)c2ccccc2)=C(NC(=O)Cc2ccc(OC)c(OC)c2)c2ccccc2S1(=O)=O. The molecule has 9 heteroatoms. The van der Waals surface area contributed by atoms with E-state index in [0.29, 0.717) is 17.1 Å². The van der Waals surface area contributed by atoms with Crippen LogP contribution in [0.5, 0.6) is 11.5 Å². The molecule has 3 aromatic rings. The average Bonchev–Trinajstić information content (AvgIpc) is 2.91. The Labute approximate surface area is 215 Å². The topological polar surface area (TPSA) is 102 Å². The first-order valence-corrected chi connectivity index (χ1v) is 12.8. The lowest BCUT2D eigenvalue weighted by Crippen LogP contribution is -2.41. The maximum absolute atomic E-state index is 13.7. The Morgan fingerprint density at radius 3 is 2.30 bits per heavy atom. The largest absolute Gasteiger partial charge is 0.493 e. The third-order valence-corrected chi connectivity index (χ3v) is 7.66. The van der Waals surface area contributed by atoms with Crippen molar-refractivity contribution in [3.05, 3.63) is 108 Å². The summed E-state index contributed by atoms with van der Waals surface area (Å²) in [6.07, 6.45) is 1.35. The second kappa shape index (κ2) is 10.7. The molecule has 0 fully saturated rings. The van der Waals surface area contributed by atoms with Gasteiger partial charge in [-0.2, -0.15) is 0 Å². The number of amides is 1. The van der Waals surface area contributed by atoms with Crippen LogP contribution < -0.4 is 14.8 Å². The number of benzene rings is 3. The molecule has 0 radical (unpaired) electrons. The van der Waals surface area contributed by atoms with Crippen molar-refractivity contribution >= 4 is 27.4 Å². The van der Waals surface area contributed by atoms with Gasteiger partial charge in [-0.1, -0.05) is 60.7 Å². The summed E-state index contributed by atoms with van der Waals surface area (Å²) in [6.45, 7) is 3.51. The number of allylic oxidation sites excluding steroid dienone is 1. The standard InChI is InChI=1S/C28H26N2O6S/c1-4-16-30-27(28(32)20-10-6-5-7-11-20)26(21-12-8-9-13-24(21)37(30,33)34)29-25(31)18-19-14-15-22(35-2)23(17-19)36-3/h4-15,17H,1,16,18H2,2-3H3,(H,29,31). The molecule has 1 aliphatic rings. The van der Waals surface area contributed by atoms with E-state index < -0.39 is 21.7 Å². The quantitative estimate of drug-likeness (QED) is 0.342. The van der Waals surface area contributed by atoms with E-state index >= 15 is 0 Å². The van der Waals surface area contributed by atoms with Crippen LogP contribution in [0, 0.1) is 0 Å². The molecule has 0 bridgehead atoms. The highest BCUT2D eigenvalue weighted by molar-refractivity contribution is 7.89. The van der Waals surface area contributed by atoms with E-state index in [2.05, 4.69) is 11.9 Å². The smallest absolute Gasteiger partial charge is 0.265 e. The van der Waals surface area contributed by atoms with E-state index in [1.54, 1.807) is 66.7 Å². The predicted molar refractivity (Wildman–Crippen MR) is 140 cm³/mol. The molecule has 0 saturated carbocycles. The molecule has 1 amide bonds. The second-order valence-electron chi connectivity index (χ2n) is 8.15. The molecule has 0 unspecified atom stereocenters. The minimum atomic E-state index is -4.09. The third kappa shape index (κ3) is 4.99. The van der Waals surface area contributed by atoms with Crippen molar-refractivity contribution in [3.63, 3.8) is 0 Å². The minimum Gasteiger partial charge on any atom is -0.493 e. The lowest BCUT2D eigenvalue weighted by atomic mass is 10.0. The van der Waals surface area contributed by atoms with Gasteiger partial charge in [0.05, 0.1) is 37.8 Å². The average molecular weight is 519 g/mol. The number of carbonyl (C=O) groups is 2. The summed E-state index contributed by atoms with van der Waals surface area (Å²) in [6, 6.07) is 19.7. The van der Waals surface area contributed by atoms with Crippen LogP contribution in [0.25, 0.3) is 5.70 Å². The number of ketones is 1. The van der Waals surface area contributed by atoms with Gasteiger partial charge in [0.15, 0.2) is 11.5 Å². The number of methoxy groups -OCH3 is 2. The van der Waals surface area contributed by atoms with Crippen molar-refractivity contribution < 1.29 is 27.5 Å². The number of sulfonamides is 1. The first kappa shape index (κ1) is 25.7. The number of hydrogen-bond acceptors (Lipinski definition) is 6. The fraction of sp³-hybridized carbons (Fsp3) is 0.143. The summed E-state index contributed by atoms with van der Waals surface area (Å²) in [5.41, 5.74) is 1.14. The van der Waals surface area contributed by atoms with Crippen LogP contribution >= 0.6 is 0 Å². The van der Waals surface area contributed by atoms with Crippen molar-refractivity contribution in [1.29, 1.82) is 0 Å². The Morgan fingerprint density at radius 1 is 0.946 bits per heavy atom. The molecule has 4 rings (SSSR count). The van der Waals surface area contributed by atoms with E-state index in [4.69, 9.17) is 9.47 Å². The lowest BCUT2D eigenvalue weighted by Gasteiger charge is -2.33. The van der Waals surface area contributed by atoms with E-state index in [1.165, 1.54) is 26.4 Å². The van der Waals surface area contributed by atoms with Crippen molar-refractivity contribution in [2.45, 2.75) is 11.3 Å². The molecule has 0 atom stereocenters. The second-order valence-corrected chi connectivity index (χ2v) is 9.98. The zero-order valence-corrected chi connectivity index (χ0v) is 21.2. The van der Waals surface area contributed by atoms with Gasteiger partial charge in [0.1, 0.15) is 5.70 Å². The number of ether oxygens (including phenoxy) is 2. The predicted octanol–water partition coefficient (Wildman–Crippen LogP) is 3.80. The lowest BCUT2D eigenvalue weighted by molar-refractivity contribution is -0.119. The molecular formula is C28H26N2O6S. The van der Waals surface area contributed by atoms with Gasteiger partial charge < -0.3 is 14.8 Å². The molecule has 0 spiro atoms. The number of nitrogens with one attached hydrogen (secondary N) is 1. The first-order chi connectivity index (χ1) is 17.8. The highest BCUT2D eigenvalue weighted by atomic mass is 32.2. The van der Waals surface area contributed by atoms with E-state index in [-0.39, 0.29) is 40.4 Å². The Balaban J connectivity index is 1.83. The summed E-state index contributed by atoms with van der Waals surface area (Å²) in [7, 11) is -1.07. The number of carbonyl (C=O) groups excluding carboxylic acids is 2. The van der Waals surface area contributed by atoms with Crippen LogP contribution in [0.3, 0.4) is 0 Å². The molecule has 1 heterocycles. The maximum Gasteiger partial charge on any atom is 0.265 e. The van der Waals surface area contributed by atoms with Gasteiger partial charge in [0, 0.05) is 11.1 Å². The van der Waals surface area contributed by atoms with Crippen LogP contribution in [-0.4, -0.2) is 45.2 Å². The van der Waals surface area contributed by atoms with Crippen LogP contribution in [0.4, 0.5) is 0 Å². The zero-order chi connectivity index (χ0) is 26.6. The van der Waals surface area contributed by atoms with Crippen molar-refractivity contribution in [2.24, 2.45) is 0 Å². The van der Waals surface area contributed by atoms with E-state index in [9.17, 15) is 18.0 Å². The van der Waals surface area contributed by atoms with Crippen LogP contribution in [0.1, 0.15) is 21.5 Å². The van der Waals surface area contributed by atoms with Gasteiger partial charge in [-0.05, 0) is 23.8 Å². The van der Waals surface area contributed by atoms with Gasteiger partial charge in [-0.25, -0.2) is 8.42 Å². The molecule has 3 aromatic carbocycles. The summed E-state index contributed by atoms with van der Waals surface area (Å²) in [5.74, 6) is 0.0185. The van der Waals surface area contributed by atoms with Gasteiger partial charge in [-0.3, -0.25) is 13.9 Å². The third-order valence-electron chi connectivity index (χ3n) is 5.83. The Morgan fingerprint density at radius 2 is 1.62 bits per heavy atom. The Kier molecular flexibility index (Phi) is 7.45. The summed E-state index contributed by atoms with van der Waals surface area (Å²) >= 11 is 0. The van der Waals surface area contributed by atoms with Crippen molar-refractivity contribution in [3.8, 4) is 11.5 Å². The normalized spacial score (nSPS) is 13.9. The van der Waals surface area contributed by atoms with Crippen LogP contribution in [0.2, 0.25) is 0 Å². The van der Waals surface area contributed by atoms with E-state index in [1.807, 2.05) is 0 Å². The summed E-state index contributed by atoms with van der Waals surface area (Å²) < 4.78 is 38.7. The molecule has 0 aliphatic carbocycles. The minimum absolute atomic E-state index is 0.0112. The van der Waals surface area contributed by atoms with Gasteiger partial charge in [0.25, 0.3) is 10.0 Å². The molecule has 1 aliphatic heterocycles. The Hall–Kier alpha value is -4.37. The van der Waals surface area contributed by atoms with Gasteiger partial charge >= 0.3 is 0 Å². The molecule has 190 valence electrons. The first-order valence-electron chi connectivity index (χ1n) is 11.4. The highest BCUT2D eigenvalue weighted by Gasteiger charge is 2.40. The monoisotopic (exact) mass is 518 g/mol. The summed E-state index contributed by atoms with van der Waals surface area (Å²) in [4.78, 5) is 27.0. The number of Topliss-reactive ketones (excluding diaryl/α,β-unsaturated/α-hetero) is 1. The van der Waals surface area contributed by atoms with Crippen molar-refractivity contribution in [2.75, 3.05) is 20.8 Å². The number of rotatable bonds is 9. The van der Waals surface area contributed by atoms with Gasteiger partial charge in [-0.15, -0.1) is 6.58 Å². The van der Waals surface area contributed by atoms with Crippen LogP contribution in [-0.2, 0) is 21.2 Å². The van der Waals surface area contributed by atoms with Gasteiger partial charge in [0.2, 0.25) is 11.7 Å². The molecule has 8 nitrogen and oxygen atoms in total. The molecular weight excluding hydrogens is 492 g/mol. The fourth-order valence-corrected chi connectivity index (χ4v) is 5.79. The molecule has 1 N–H and O–H groups in total. The number of hydrogen-bond donors (Lipinski definition) is 1. The molecule has 37 heavy (non-hydrogen) atoms. The van der Waals surface area contributed by atoms with Crippen LogP contribution in [0.15, 0.2) is 96.0 Å².